The maximum atomic E-state index is 12.0. The zero-order chi connectivity index (χ0) is 14.5. The lowest BCUT2D eigenvalue weighted by atomic mass is 10.3. The zero-order valence-corrected chi connectivity index (χ0v) is 10.2. The highest BCUT2D eigenvalue weighted by Gasteiger charge is 2.05. The number of alkyl halides is 2. The van der Waals surface area contributed by atoms with Crippen LogP contribution in [0.5, 0.6) is 5.75 Å². The summed E-state index contributed by atoms with van der Waals surface area (Å²) in [6.45, 7) is -2.86. The first-order valence-electron chi connectivity index (χ1n) is 5.57. The summed E-state index contributed by atoms with van der Waals surface area (Å²) in [6, 6.07) is 11.0. The van der Waals surface area contributed by atoms with E-state index < -0.39 is 6.61 Å². The molecule has 0 fully saturated rings. The molecule has 0 atom stereocenters. The van der Waals surface area contributed by atoms with Gasteiger partial charge in [-0.1, -0.05) is 0 Å². The molecule has 2 aromatic rings. The van der Waals surface area contributed by atoms with Gasteiger partial charge in [-0.25, -0.2) is 4.98 Å². The van der Waals surface area contributed by atoms with Gasteiger partial charge in [0.15, 0.2) is 5.69 Å². The topological polar surface area (TPSA) is 84.0 Å². The largest absolute Gasteiger partial charge is 0.435 e. The van der Waals surface area contributed by atoms with Crippen LogP contribution in [0.3, 0.4) is 0 Å². The van der Waals surface area contributed by atoms with Gasteiger partial charge in [-0.15, -0.1) is 0 Å². The lowest BCUT2D eigenvalue weighted by molar-refractivity contribution is -0.0498. The summed E-state index contributed by atoms with van der Waals surface area (Å²) >= 11 is 0. The molecule has 1 aromatic heterocycles. The molecule has 0 spiro atoms. The Morgan fingerprint density at radius 1 is 1.20 bits per heavy atom. The molecule has 0 saturated carbocycles. The number of nitrogens with zero attached hydrogens (tertiary/aromatic N) is 2. The molecule has 1 heterocycles. The molecule has 1 aromatic carbocycles. The van der Waals surface area contributed by atoms with Crippen molar-refractivity contribution in [3.05, 3.63) is 42.1 Å². The van der Waals surface area contributed by atoms with E-state index in [4.69, 9.17) is 11.0 Å². The van der Waals surface area contributed by atoms with Gasteiger partial charge < -0.3 is 15.8 Å². The summed E-state index contributed by atoms with van der Waals surface area (Å²) in [7, 11) is 0. The Labute approximate surface area is 113 Å². The number of anilines is 3. The summed E-state index contributed by atoms with van der Waals surface area (Å²) in [5.41, 5.74) is 6.59. The highest BCUT2D eigenvalue weighted by atomic mass is 19.3. The minimum Gasteiger partial charge on any atom is -0.435 e. The number of ether oxygens (including phenoxy) is 1. The van der Waals surface area contributed by atoms with Crippen molar-refractivity contribution < 1.29 is 13.5 Å². The summed E-state index contributed by atoms with van der Waals surface area (Å²) in [4.78, 5) is 4.01. The third-order valence-electron chi connectivity index (χ3n) is 2.38. The Kier molecular flexibility index (Phi) is 3.96. The van der Waals surface area contributed by atoms with Crippen LogP contribution in [0.2, 0.25) is 0 Å². The molecule has 20 heavy (non-hydrogen) atoms. The first kappa shape index (κ1) is 13.5. The molecular formula is C13H10F2N4O. The third kappa shape index (κ3) is 3.32. The number of aromatic nitrogens is 1. The van der Waals surface area contributed by atoms with Crippen LogP contribution in [0.15, 0.2) is 36.4 Å². The predicted octanol–water partition coefficient (Wildman–Crippen LogP) is 2.88. The van der Waals surface area contributed by atoms with Crippen LogP contribution in [0.25, 0.3) is 0 Å². The number of hydrogen-bond acceptors (Lipinski definition) is 5. The smallest absolute Gasteiger partial charge is 0.387 e. The summed E-state index contributed by atoms with van der Waals surface area (Å²) in [6.07, 6.45) is 0. The molecule has 102 valence electrons. The van der Waals surface area contributed by atoms with Crippen molar-refractivity contribution >= 4 is 17.2 Å². The number of nitriles is 1. The number of nitrogen functional groups attached to an aromatic ring is 1. The lowest BCUT2D eigenvalue weighted by Gasteiger charge is -2.08. The lowest BCUT2D eigenvalue weighted by Crippen LogP contribution is -2.02. The van der Waals surface area contributed by atoms with E-state index >= 15 is 0 Å². The van der Waals surface area contributed by atoms with Gasteiger partial charge in [-0.3, -0.25) is 0 Å². The van der Waals surface area contributed by atoms with E-state index in [-0.39, 0.29) is 11.4 Å². The average Bonchev–Trinajstić information content (AvgIpc) is 2.42. The molecule has 3 N–H and O–H groups in total. The second kappa shape index (κ2) is 5.84. The molecule has 0 bridgehead atoms. The van der Waals surface area contributed by atoms with E-state index in [0.717, 1.165) is 0 Å². The predicted molar refractivity (Wildman–Crippen MR) is 69.7 cm³/mol. The molecule has 2 rings (SSSR count). The molecule has 0 radical (unpaired) electrons. The van der Waals surface area contributed by atoms with Crippen LogP contribution in [-0.4, -0.2) is 11.6 Å². The average molecular weight is 276 g/mol. The normalized spacial score (nSPS) is 10.1. The van der Waals surface area contributed by atoms with Gasteiger partial charge in [0, 0.05) is 5.69 Å². The highest BCUT2D eigenvalue weighted by Crippen LogP contribution is 2.21. The van der Waals surface area contributed by atoms with Crippen LogP contribution in [0, 0.1) is 11.3 Å². The minimum atomic E-state index is -2.86. The third-order valence-corrected chi connectivity index (χ3v) is 2.38. The number of halogens is 2. The molecule has 0 aliphatic carbocycles. The van der Waals surface area contributed by atoms with Crippen molar-refractivity contribution in [3.8, 4) is 11.8 Å². The van der Waals surface area contributed by atoms with E-state index in [2.05, 4.69) is 15.0 Å². The van der Waals surface area contributed by atoms with Gasteiger partial charge in [0.1, 0.15) is 17.6 Å². The van der Waals surface area contributed by atoms with Crippen molar-refractivity contribution in [1.82, 2.24) is 4.98 Å². The Balaban J connectivity index is 2.12. The minimum absolute atomic E-state index is 0.0635. The summed E-state index contributed by atoms with van der Waals surface area (Å²) < 4.78 is 28.2. The molecule has 0 saturated heterocycles. The highest BCUT2D eigenvalue weighted by molar-refractivity contribution is 5.61. The fourth-order valence-electron chi connectivity index (χ4n) is 1.50. The number of nitrogens with two attached hydrogens (primary N) is 1. The Bertz CT molecular complexity index is 638. The van der Waals surface area contributed by atoms with Crippen molar-refractivity contribution in [3.63, 3.8) is 0 Å². The molecule has 0 amide bonds. The summed E-state index contributed by atoms with van der Waals surface area (Å²) in [5, 5.41) is 11.7. The Hall–Kier alpha value is -2.88. The Morgan fingerprint density at radius 3 is 2.50 bits per heavy atom. The molecule has 7 heteroatoms. The van der Waals surface area contributed by atoms with Crippen LogP contribution in [-0.2, 0) is 0 Å². The van der Waals surface area contributed by atoms with Crippen LogP contribution in [0.4, 0.5) is 26.0 Å². The molecular weight excluding hydrogens is 266 g/mol. The summed E-state index contributed by atoms with van der Waals surface area (Å²) in [5.74, 6) is 0.492. The van der Waals surface area contributed by atoms with Crippen LogP contribution in [0.1, 0.15) is 5.69 Å². The van der Waals surface area contributed by atoms with E-state index in [1.807, 2.05) is 6.07 Å². The first-order chi connectivity index (χ1) is 9.58. The van der Waals surface area contributed by atoms with Gasteiger partial charge in [-0.2, -0.15) is 14.0 Å². The van der Waals surface area contributed by atoms with Gasteiger partial charge in [0.25, 0.3) is 0 Å². The molecule has 0 aliphatic rings. The Morgan fingerprint density at radius 2 is 1.90 bits per heavy atom. The van der Waals surface area contributed by atoms with Gasteiger partial charge in [0.2, 0.25) is 0 Å². The zero-order valence-electron chi connectivity index (χ0n) is 10.2. The van der Waals surface area contributed by atoms with E-state index in [0.29, 0.717) is 17.2 Å². The van der Waals surface area contributed by atoms with E-state index in [1.54, 1.807) is 24.3 Å². The van der Waals surface area contributed by atoms with E-state index in [1.165, 1.54) is 12.1 Å². The van der Waals surface area contributed by atoms with Gasteiger partial charge in [-0.05, 0) is 36.4 Å². The second-order valence-corrected chi connectivity index (χ2v) is 3.77. The van der Waals surface area contributed by atoms with Crippen LogP contribution < -0.4 is 15.8 Å². The maximum absolute atomic E-state index is 12.0. The molecule has 0 aliphatic heterocycles. The van der Waals surface area contributed by atoms with Gasteiger partial charge in [0.05, 0.1) is 5.69 Å². The number of hydrogen-bond donors (Lipinski definition) is 2. The monoisotopic (exact) mass is 276 g/mol. The number of nitrogens with one attached hydrogen (secondary N) is 1. The second-order valence-electron chi connectivity index (χ2n) is 3.77. The van der Waals surface area contributed by atoms with Crippen LogP contribution >= 0.6 is 0 Å². The van der Waals surface area contributed by atoms with Crippen molar-refractivity contribution in [2.75, 3.05) is 11.1 Å². The number of pyridine rings is 1. The molecule has 5 nitrogen and oxygen atoms in total. The van der Waals surface area contributed by atoms with Gasteiger partial charge >= 0.3 is 6.61 Å². The van der Waals surface area contributed by atoms with E-state index in [9.17, 15) is 8.78 Å². The van der Waals surface area contributed by atoms with Crippen molar-refractivity contribution in [2.24, 2.45) is 0 Å². The van der Waals surface area contributed by atoms with Crippen molar-refractivity contribution in [2.45, 2.75) is 6.61 Å². The fourth-order valence-corrected chi connectivity index (χ4v) is 1.50. The number of rotatable bonds is 4. The first-order valence-corrected chi connectivity index (χ1v) is 5.57. The fraction of sp³-hybridized carbons (Fsp3) is 0.0769. The van der Waals surface area contributed by atoms with Crippen molar-refractivity contribution in [1.29, 1.82) is 5.26 Å². The number of benzene rings is 1. The quantitative estimate of drug-likeness (QED) is 0.897. The molecule has 0 unspecified atom stereocenters. The SMILES string of the molecule is N#Cc1nc(Nc2ccc(OC(F)F)cc2)ccc1N. The maximum Gasteiger partial charge on any atom is 0.387 e. The standard InChI is InChI=1S/C13H10F2N4O/c14-13(15)20-9-3-1-8(2-4-9)18-12-6-5-10(17)11(7-16)19-12/h1-6,13H,17H2,(H,18,19).